The second-order valence-electron chi connectivity index (χ2n) is 3.08. The molecule has 1 aromatic rings. The van der Waals surface area contributed by atoms with Gasteiger partial charge in [-0.15, -0.1) is 6.42 Å². The van der Waals surface area contributed by atoms with Crippen molar-refractivity contribution in [1.29, 1.82) is 0 Å². The molecular formula is C11H13N. The molecule has 0 fully saturated rings. The Labute approximate surface area is 74.0 Å². The molecule has 0 radical (unpaired) electrons. The zero-order chi connectivity index (χ0) is 8.97. The van der Waals surface area contributed by atoms with Gasteiger partial charge in [0.25, 0.3) is 0 Å². The van der Waals surface area contributed by atoms with Gasteiger partial charge in [0.15, 0.2) is 0 Å². The van der Waals surface area contributed by atoms with Crippen molar-refractivity contribution in [3.05, 3.63) is 35.4 Å². The van der Waals surface area contributed by atoms with Crippen molar-refractivity contribution in [3.63, 3.8) is 0 Å². The minimum Gasteiger partial charge on any atom is -0.305 e. The lowest BCUT2D eigenvalue weighted by molar-refractivity contribution is 0.402. The number of hydrogen-bond donors (Lipinski definition) is 0. The quantitative estimate of drug-likeness (QED) is 0.594. The molecule has 0 atom stereocenters. The van der Waals surface area contributed by atoms with Gasteiger partial charge in [-0.25, -0.2) is 0 Å². The molecule has 0 heterocycles. The molecule has 0 bridgehead atoms. The molecule has 1 rings (SSSR count). The fourth-order valence-corrected chi connectivity index (χ4v) is 1.12. The molecular weight excluding hydrogens is 146 g/mol. The van der Waals surface area contributed by atoms with Crippen LogP contribution in [0.3, 0.4) is 0 Å². The Kier molecular flexibility index (Phi) is 2.90. The smallest absolute Gasteiger partial charge is 0.0245 e. The second kappa shape index (κ2) is 3.94. The lowest BCUT2D eigenvalue weighted by Gasteiger charge is -2.09. The van der Waals surface area contributed by atoms with Crippen molar-refractivity contribution in [2.75, 3.05) is 14.1 Å². The van der Waals surface area contributed by atoms with Gasteiger partial charge in [0, 0.05) is 12.1 Å². The van der Waals surface area contributed by atoms with Crippen LogP contribution in [0.2, 0.25) is 0 Å². The van der Waals surface area contributed by atoms with Crippen LogP contribution in [-0.4, -0.2) is 19.0 Å². The third-order valence-electron chi connectivity index (χ3n) is 1.59. The van der Waals surface area contributed by atoms with Gasteiger partial charge >= 0.3 is 0 Å². The molecule has 1 nitrogen and oxygen atoms in total. The summed E-state index contributed by atoms with van der Waals surface area (Å²) in [5.74, 6) is 2.62. The maximum atomic E-state index is 5.29. The van der Waals surface area contributed by atoms with Gasteiger partial charge in [-0.3, -0.25) is 0 Å². The maximum absolute atomic E-state index is 5.29. The number of benzene rings is 1. The minimum absolute atomic E-state index is 0.940. The summed E-state index contributed by atoms with van der Waals surface area (Å²) in [4.78, 5) is 2.12. The highest BCUT2D eigenvalue weighted by molar-refractivity contribution is 5.35. The highest BCUT2D eigenvalue weighted by Crippen LogP contribution is 2.05. The van der Waals surface area contributed by atoms with Gasteiger partial charge < -0.3 is 4.90 Å². The molecule has 0 aliphatic heterocycles. The van der Waals surface area contributed by atoms with Crippen LogP contribution >= 0.6 is 0 Å². The third-order valence-corrected chi connectivity index (χ3v) is 1.59. The van der Waals surface area contributed by atoms with E-state index in [2.05, 4.69) is 16.9 Å². The molecule has 0 saturated heterocycles. The van der Waals surface area contributed by atoms with Crippen molar-refractivity contribution in [3.8, 4) is 12.3 Å². The summed E-state index contributed by atoms with van der Waals surface area (Å²) in [5.41, 5.74) is 2.21. The third kappa shape index (κ3) is 2.41. The lowest BCUT2D eigenvalue weighted by atomic mass is 10.1. The first-order valence-electron chi connectivity index (χ1n) is 3.92. The lowest BCUT2D eigenvalue weighted by Crippen LogP contribution is -2.10. The van der Waals surface area contributed by atoms with E-state index in [4.69, 9.17) is 6.42 Å². The van der Waals surface area contributed by atoms with Crippen LogP contribution in [-0.2, 0) is 6.54 Å². The molecule has 62 valence electrons. The monoisotopic (exact) mass is 159 g/mol. The summed E-state index contributed by atoms with van der Waals surface area (Å²) in [7, 11) is 4.09. The van der Waals surface area contributed by atoms with E-state index in [0.717, 1.165) is 12.1 Å². The summed E-state index contributed by atoms with van der Waals surface area (Å²) in [5, 5.41) is 0. The molecule has 0 aromatic heterocycles. The summed E-state index contributed by atoms with van der Waals surface area (Å²) >= 11 is 0. The van der Waals surface area contributed by atoms with Gasteiger partial charge in [-0.1, -0.05) is 18.1 Å². The number of rotatable bonds is 2. The van der Waals surface area contributed by atoms with E-state index < -0.39 is 0 Å². The van der Waals surface area contributed by atoms with E-state index in [1.165, 1.54) is 5.56 Å². The second-order valence-corrected chi connectivity index (χ2v) is 3.08. The Morgan fingerprint density at radius 3 is 2.75 bits per heavy atom. The normalized spacial score (nSPS) is 9.83. The molecule has 0 aliphatic carbocycles. The number of hydrogen-bond acceptors (Lipinski definition) is 1. The highest BCUT2D eigenvalue weighted by Gasteiger charge is 1.94. The van der Waals surface area contributed by atoms with Crippen molar-refractivity contribution in [1.82, 2.24) is 4.90 Å². The number of terminal acetylenes is 1. The van der Waals surface area contributed by atoms with Crippen LogP contribution in [0.25, 0.3) is 0 Å². The Balaban J connectivity index is 2.81. The van der Waals surface area contributed by atoms with Crippen molar-refractivity contribution in [2.24, 2.45) is 0 Å². The highest BCUT2D eigenvalue weighted by atomic mass is 15.0. The predicted molar refractivity (Wildman–Crippen MR) is 51.8 cm³/mol. The predicted octanol–water partition coefficient (Wildman–Crippen LogP) is 1.73. The summed E-state index contributed by atoms with van der Waals surface area (Å²) < 4.78 is 0. The fourth-order valence-electron chi connectivity index (χ4n) is 1.12. The maximum Gasteiger partial charge on any atom is 0.0245 e. The van der Waals surface area contributed by atoms with Gasteiger partial charge in [0.1, 0.15) is 0 Å². The zero-order valence-corrected chi connectivity index (χ0v) is 7.54. The summed E-state index contributed by atoms with van der Waals surface area (Å²) in [6.45, 7) is 0.940. The van der Waals surface area contributed by atoms with Crippen molar-refractivity contribution >= 4 is 0 Å². The number of nitrogens with zero attached hydrogens (tertiary/aromatic N) is 1. The molecule has 12 heavy (non-hydrogen) atoms. The SMILES string of the molecule is C#Cc1cccc(CN(C)C)c1. The Morgan fingerprint density at radius 1 is 1.42 bits per heavy atom. The van der Waals surface area contributed by atoms with E-state index in [-0.39, 0.29) is 0 Å². The molecule has 0 spiro atoms. The van der Waals surface area contributed by atoms with E-state index >= 15 is 0 Å². The van der Waals surface area contributed by atoms with Crippen LogP contribution in [0.15, 0.2) is 24.3 Å². The molecule has 1 heteroatoms. The first-order valence-corrected chi connectivity index (χ1v) is 3.92. The molecule has 0 unspecified atom stereocenters. The topological polar surface area (TPSA) is 3.24 Å². The minimum atomic E-state index is 0.940. The Hall–Kier alpha value is -1.26. The van der Waals surface area contributed by atoms with Gasteiger partial charge in [0.2, 0.25) is 0 Å². The summed E-state index contributed by atoms with van der Waals surface area (Å²) in [6, 6.07) is 8.06. The van der Waals surface area contributed by atoms with Crippen molar-refractivity contribution in [2.45, 2.75) is 6.54 Å². The molecule has 0 N–H and O–H groups in total. The average Bonchev–Trinajstić information content (AvgIpc) is 2.03. The zero-order valence-electron chi connectivity index (χ0n) is 7.54. The fraction of sp³-hybridized carbons (Fsp3) is 0.273. The van der Waals surface area contributed by atoms with Crippen LogP contribution in [0, 0.1) is 12.3 Å². The van der Waals surface area contributed by atoms with E-state index in [0.29, 0.717) is 0 Å². The van der Waals surface area contributed by atoms with Crippen LogP contribution in [0.4, 0.5) is 0 Å². The van der Waals surface area contributed by atoms with E-state index in [9.17, 15) is 0 Å². The Bertz CT molecular complexity index is 294. The molecule has 0 aliphatic rings. The Morgan fingerprint density at radius 2 is 2.17 bits per heavy atom. The van der Waals surface area contributed by atoms with Gasteiger partial charge in [-0.2, -0.15) is 0 Å². The van der Waals surface area contributed by atoms with Crippen LogP contribution in [0.1, 0.15) is 11.1 Å². The molecule has 0 amide bonds. The van der Waals surface area contributed by atoms with Crippen LogP contribution in [0.5, 0.6) is 0 Å². The molecule has 0 saturated carbocycles. The van der Waals surface area contributed by atoms with E-state index in [1.807, 2.05) is 32.3 Å². The van der Waals surface area contributed by atoms with Crippen LogP contribution < -0.4 is 0 Å². The first-order chi connectivity index (χ1) is 5.72. The van der Waals surface area contributed by atoms with Gasteiger partial charge in [-0.05, 0) is 31.8 Å². The van der Waals surface area contributed by atoms with E-state index in [1.54, 1.807) is 0 Å². The van der Waals surface area contributed by atoms with Gasteiger partial charge in [0.05, 0.1) is 0 Å². The first kappa shape index (κ1) is 8.83. The largest absolute Gasteiger partial charge is 0.305 e. The standard InChI is InChI=1S/C11H13N/c1-4-10-6-5-7-11(8-10)9-12(2)3/h1,5-8H,9H2,2-3H3. The molecule has 1 aromatic carbocycles. The average molecular weight is 159 g/mol. The summed E-state index contributed by atoms with van der Waals surface area (Å²) in [6.07, 6.45) is 5.29. The van der Waals surface area contributed by atoms with Crippen molar-refractivity contribution < 1.29 is 0 Å².